The molecule has 0 atom stereocenters. The van der Waals surface area contributed by atoms with Crippen LogP contribution in [0.1, 0.15) is 12.5 Å². The second-order valence-corrected chi connectivity index (χ2v) is 5.07. The smallest absolute Gasteiger partial charge is 0.0151 e. The van der Waals surface area contributed by atoms with Gasteiger partial charge in [-0.15, -0.1) is 0 Å². The summed E-state index contributed by atoms with van der Waals surface area (Å²) in [5, 5.41) is 0. The fourth-order valence-electron chi connectivity index (χ4n) is 1.23. The molecule has 0 aromatic heterocycles. The number of rotatable bonds is 5. The van der Waals surface area contributed by atoms with Crippen molar-refractivity contribution in [2.24, 2.45) is 0 Å². The van der Waals surface area contributed by atoms with Gasteiger partial charge in [0.1, 0.15) is 0 Å². The van der Waals surface area contributed by atoms with Crippen molar-refractivity contribution < 1.29 is 0 Å². The maximum Gasteiger partial charge on any atom is 0.0151 e. The zero-order chi connectivity index (χ0) is 12.7. The Balaban J connectivity index is 2.56. The molecule has 0 nitrogen and oxygen atoms in total. The van der Waals surface area contributed by atoms with Gasteiger partial charge in [0.15, 0.2) is 0 Å². The third-order valence-electron chi connectivity index (χ3n) is 2.11. The molecule has 0 amide bonds. The van der Waals surface area contributed by atoms with Crippen molar-refractivity contribution in [3.05, 3.63) is 77.8 Å². The van der Waals surface area contributed by atoms with Gasteiger partial charge in [-0.25, -0.2) is 0 Å². The van der Waals surface area contributed by atoms with Crippen LogP contribution in [0.2, 0.25) is 0 Å². The first-order valence-electron chi connectivity index (χ1n) is 5.52. The molecule has 1 heteroatoms. The topological polar surface area (TPSA) is 0 Å². The Kier molecular flexibility index (Phi) is 5.58. The molecule has 0 aliphatic carbocycles. The number of aryl methyl sites for hydroxylation is 1. The summed E-state index contributed by atoms with van der Waals surface area (Å²) in [4.78, 5) is 2.29. The first-order valence-corrected chi connectivity index (χ1v) is 6.34. The SMILES string of the molecule is C=C(C)/C=C\C=C/C(=C)Sc1ccccc1C. The van der Waals surface area contributed by atoms with E-state index >= 15 is 0 Å². The van der Waals surface area contributed by atoms with E-state index in [1.54, 1.807) is 11.8 Å². The largest absolute Gasteiger partial charge is 0.0961 e. The van der Waals surface area contributed by atoms with Gasteiger partial charge in [0.05, 0.1) is 0 Å². The predicted molar refractivity (Wildman–Crippen MR) is 79.3 cm³/mol. The van der Waals surface area contributed by atoms with Crippen LogP contribution in [0.25, 0.3) is 0 Å². The van der Waals surface area contributed by atoms with Gasteiger partial charge in [-0.05, 0) is 31.6 Å². The summed E-state index contributed by atoms with van der Waals surface area (Å²) in [6, 6.07) is 8.32. The van der Waals surface area contributed by atoms with Crippen molar-refractivity contribution in [1.29, 1.82) is 0 Å². The molecule has 1 aromatic rings. The van der Waals surface area contributed by atoms with Crippen LogP contribution in [-0.2, 0) is 0 Å². The summed E-state index contributed by atoms with van der Waals surface area (Å²) in [6.07, 6.45) is 7.95. The van der Waals surface area contributed by atoms with Crippen molar-refractivity contribution in [3.63, 3.8) is 0 Å². The van der Waals surface area contributed by atoms with Gasteiger partial charge in [-0.3, -0.25) is 0 Å². The molecule has 17 heavy (non-hydrogen) atoms. The van der Waals surface area contributed by atoms with Gasteiger partial charge in [0.25, 0.3) is 0 Å². The van der Waals surface area contributed by atoms with E-state index in [0.717, 1.165) is 10.5 Å². The molecule has 1 rings (SSSR count). The molecule has 0 fully saturated rings. The summed E-state index contributed by atoms with van der Waals surface area (Å²) in [5.41, 5.74) is 2.33. The molecule has 0 bridgehead atoms. The number of hydrogen-bond donors (Lipinski definition) is 0. The van der Waals surface area contributed by atoms with Crippen molar-refractivity contribution in [3.8, 4) is 0 Å². The number of thioether (sulfide) groups is 1. The zero-order valence-corrected chi connectivity index (χ0v) is 11.3. The molecule has 0 aliphatic heterocycles. The molecular formula is C16H18S. The van der Waals surface area contributed by atoms with Crippen molar-refractivity contribution in [1.82, 2.24) is 0 Å². The van der Waals surface area contributed by atoms with Crippen LogP contribution >= 0.6 is 11.8 Å². The van der Waals surface area contributed by atoms with Crippen LogP contribution in [0.3, 0.4) is 0 Å². The average Bonchev–Trinajstić information content (AvgIpc) is 2.27. The number of allylic oxidation sites excluding steroid dienone is 5. The Morgan fingerprint density at radius 2 is 1.76 bits per heavy atom. The Bertz CT molecular complexity index is 464. The Labute approximate surface area is 108 Å². The highest BCUT2D eigenvalue weighted by Crippen LogP contribution is 2.28. The van der Waals surface area contributed by atoms with Crippen LogP contribution in [0.4, 0.5) is 0 Å². The summed E-state index contributed by atoms with van der Waals surface area (Å²) in [5.74, 6) is 0. The van der Waals surface area contributed by atoms with Crippen molar-refractivity contribution >= 4 is 11.8 Å². The quantitative estimate of drug-likeness (QED) is 0.499. The molecule has 0 saturated heterocycles. The molecular weight excluding hydrogens is 224 g/mol. The predicted octanol–water partition coefficient (Wildman–Crippen LogP) is 5.29. The first kappa shape index (κ1) is 13.6. The molecule has 0 heterocycles. The lowest BCUT2D eigenvalue weighted by atomic mass is 10.2. The van der Waals surface area contributed by atoms with Crippen LogP contribution in [-0.4, -0.2) is 0 Å². The van der Waals surface area contributed by atoms with Gasteiger partial charge in [-0.2, -0.15) is 0 Å². The average molecular weight is 242 g/mol. The van der Waals surface area contributed by atoms with Crippen LogP contribution in [0.15, 0.2) is 77.1 Å². The standard InChI is InChI=1S/C16H18S/c1-13(2)9-5-7-11-15(4)17-16-12-8-6-10-14(16)3/h5-12H,1,4H2,2-3H3/b9-5-,11-7-. The number of benzene rings is 1. The summed E-state index contributed by atoms with van der Waals surface area (Å²) >= 11 is 1.69. The molecule has 1 aromatic carbocycles. The van der Waals surface area contributed by atoms with Crippen molar-refractivity contribution in [2.45, 2.75) is 18.7 Å². The maximum atomic E-state index is 4.03. The fourth-order valence-corrected chi connectivity index (χ4v) is 2.03. The van der Waals surface area contributed by atoms with Crippen LogP contribution in [0.5, 0.6) is 0 Å². The summed E-state index contributed by atoms with van der Waals surface area (Å²) in [6.45, 7) is 11.9. The Morgan fingerprint density at radius 1 is 1.12 bits per heavy atom. The Hall–Kier alpha value is -1.47. The molecule has 0 N–H and O–H groups in total. The van der Waals surface area contributed by atoms with E-state index in [-0.39, 0.29) is 0 Å². The minimum atomic E-state index is 1.03. The van der Waals surface area contributed by atoms with E-state index in [1.807, 2.05) is 43.4 Å². The third kappa shape index (κ3) is 5.41. The zero-order valence-electron chi connectivity index (χ0n) is 10.4. The molecule has 0 unspecified atom stereocenters. The Morgan fingerprint density at radius 3 is 2.41 bits per heavy atom. The highest BCUT2D eigenvalue weighted by Gasteiger charge is 1.97. The summed E-state index contributed by atoms with van der Waals surface area (Å²) in [7, 11) is 0. The molecule has 0 spiro atoms. The molecule has 0 saturated carbocycles. The van der Waals surface area contributed by atoms with E-state index < -0.39 is 0 Å². The van der Waals surface area contributed by atoms with Crippen LogP contribution < -0.4 is 0 Å². The van der Waals surface area contributed by atoms with E-state index in [0.29, 0.717) is 0 Å². The molecule has 0 radical (unpaired) electrons. The van der Waals surface area contributed by atoms with Gasteiger partial charge < -0.3 is 0 Å². The highest BCUT2D eigenvalue weighted by atomic mass is 32.2. The van der Waals surface area contributed by atoms with E-state index in [2.05, 4.69) is 32.2 Å². The first-order chi connectivity index (χ1) is 8.09. The molecule has 0 aliphatic rings. The van der Waals surface area contributed by atoms with Gasteiger partial charge in [-0.1, -0.05) is 66.9 Å². The van der Waals surface area contributed by atoms with Gasteiger partial charge in [0, 0.05) is 9.80 Å². The normalized spacial score (nSPS) is 11.2. The summed E-state index contributed by atoms with van der Waals surface area (Å²) < 4.78 is 0. The number of hydrogen-bond acceptors (Lipinski definition) is 1. The van der Waals surface area contributed by atoms with Gasteiger partial charge in [0.2, 0.25) is 0 Å². The fraction of sp³-hybridized carbons (Fsp3) is 0.125. The lowest BCUT2D eigenvalue weighted by Crippen LogP contribution is -1.77. The monoisotopic (exact) mass is 242 g/mol. The van der Waals surface area contributed by atoms with E-state index in [1.165, 1.54) is 10.5 Å². The van der Waals surface area contributed by atoms with E-state index in [4.69, 9.17) is 0 Å². The lowest BCUT2D eigenvalue weighted by molar-refractivity contribution is 1.31. The minimum Gasteiger partial charge on any atom is -0.0961 e. The minimum absolute atomic E-state index is 1.03. The van der Waals surface area contributed by atoms with Crippen LogP contribution in [0, 0.1) is 6.92 Å². The van der Waals surface area contributed by atoms with Crippen molar-refractivity contribution in [2.75, 3.05) is 0 Å². The highest BCUT2D eigenvalue weighted by molar-refractivity contribution is 8.03. The maximum absolute atomic E-state index is 4.03. The van der Waals surface area contributed by atoms with E-state index in [9.17, 15) is 0 Å². The van der Waals surface area contributed by atoms with Gasteiger partial charge >= 0.3 is 0 Å². The second kappa shape index (κ2) is 6.97. The third-order valence-corrected chi connectivity index (χ3v) is 3.18. The molecule has 88 valence electrons. The lowest BCUT2D eigenvalue weighted by Gasteiger charge is -2.03. The second-order valence-electron chi connectivity index (χ2n) is 3.90.